The van der Waals surface area contributed by atoms with Crippen molar-refractivity contribution in [2.45, 2.75) is 51.9 Å². The van der Waals surface area contributed by atoms with E-state index in [4.69, 9.17) is 4.52 Å². The molecule has 5 rings (SSSR count). The summed E-state index contributed by atoms with van der Waals surface area (Å²) in [6.45, 7) is 5.51. The van der Waals surface area contributed by atoms with E-state index in [0.29, 0.717) is 23.9 Å². The second-order valence-corrected chi connectivity index (χ2v) is 9.04. The maximum Gasteiger partial charge on any atom is 0.274 e. The third-order valence-corrected chi connectivity index (χ3v) is 6.81. The lowest BCUT2D eigenvalue weighted by molar-refractivity contribution is 0.0698. The molecule has 3 aromatic rings. The van der Waals surface area contributed by atoms with Gasteiger partial charge in [-0.25, -0.2) is 0 Å². The van der Waals surface area contributed by atoms with Gasteiger partial charge in [-0.15, -0.1) is 5.10 Å². The van der Waals surface area contributed by atoms with Crippen molar-refractivity contribution < 1.29 is 9.32 Å². The number of amides is 1. The first-order chi connectivity index (χ1) is 14.1. The van der Waals surface area contributed by atoms with E-state index in [2.05, 4.69) is 31.9 Å². The second-order valence-electron chi connectivity index (χ2n) is 8.29. The zero-order valence-corrected chi connectivity index (χ0v) is 17.5. The molecule has 8 nitrogen and oxygen atoms in total. The summed E-state index contributed by atoms with van der Waals surface area (Å²) in [4.78, 5) is 16.1. The van der Waals surface area contributed by atoms with Gasteiger partial charge in [-0.05, 0) is 56.5 Å². The summed E-state index contributed by atoms with van der Waals surface area (Å²) in [6.07, 6.45) is 4.96. The van der Waals surface area contributed by atoms with Gasteiger partial charge in [-0.1, -0.05) is 16.6 Å². The van der Waals surface area contributed by atoms with E-state index in [9.17, 15) is 4.79 Å². The third kappa shape index (κ3) is 3.37. The standard InChI is InChI=1S/C20H24N6O2S/c1-11-5-6-15-14(8-11)18(22-21-15)20(27)26-7-3-4-13(10-26)17-19(29-25-23-17)16-9-12(2)24-28-16/h9,11,13H,3-8,10H2,1-2H3,(H,21,22)/t11-,13+/m1/s1. The minimum atomic E-state index is 0.0292. The number of hydrogen-bond donors (Lipinski definition) is 1. The molecule has 1 aliphatic carbocycles. The number of likely N-dealkylation sites (tertiary alicyclic amines) is 1. The Bertz CT molecular complexity index is 1040. The first-order valence-corrected chi connectivity index (χ1v) is 11.0. The van der Waals surface area contributed by atoms with Gasteiger partial charge in [-0.3, -0.25) is 9.89 Å². The number of nitrogens with zero attached hydrogens (tertiary/aromatic N) is 5. The SMILES string of the molecule is Cc1cc(-c2snnc2[C@H]2CCCN(C(=O)c3n[nH]c4c3C[C@H](C)CC4)C2)on1. The predicted molar refractivity (Wildman–Crippen MR) is 108 cm³/mol. The lowest BCUT2D eigenvalue weighted by atomic mass is 9.87. The average Bonchev–Trinajstić information content (AvgIpc) is 3.46. The van der Waals surface area contributed by atoms with Gasteiger partial charge in [0, 0.05) is 36.3 Å². The molecular weight excluding hydrogens is 388 g/mol. The molecule has 1 saturated heterocycles. The van der Waals surface area contributed by atoms with E-state index < -0.39 is 0 Å². The smallest absolute Gasteiger partial charge is 0.274 e. The minimum absolute atomic E-state index is 0.0292. The molecule has 1 fully saturated rings. The number of aryl methyl sites for hydroxylation is 2. The van der Waals surface area contributed by atoms with Crippen molar-refractivity contribution in [3.8, 4) is 10.6 Å². The largest absolute Gasteiger partial charge is 0.355 e. The Morgan fingerprint density at radius 2 is 2.28 bits per heavy atom. The van der Waals surface area contributed by atoms with Crippen LogP contribution in [-0.2, 0) is 12.8 Å². The third-order valence-electron chi connectivity index (χ3n) is 6.06. The van der Waals surface area contributed by atoms with Crippen molar-refractivity contribution in [1.82, 2.24) is 29.8 Å². The molecule has 0 bridgehead atoms. The van der Waals surface area contributed by atoms with Crippen molar-refractivity contribution in [3.63, 3.8) is 0 Å². The Hall–Kier alpha value is -2.55. The van der Waals surface area contributed by atoms with Gasteiger partial charge in [0.2, 0.25) is 0 Å². The summed E-state index contributed by atoms with van der Waals surface area (Å²) in [5.41, 5.74) is 4.59. The summed E-state index contributed by atoms with van der Waals surface area (Å²) in [5.74, 6) is 1.46. The molecule has 0 radical (unpaired) electrons. The predicted octanol–water partition coefficient (Wildman–Crippen LogP) is 3.37. The van der Waals surface area contributed by atoms with E-state index in [1.54, 1.807) is 0 Å². The van der Waals surface area contributed by atoms with Crippen molar-refractivity contribution in [2.24, 2.45) is 5.92 Å². The Morgan fingerprint density at radius 1 is 1.38 bits per heavy atom. The molecule has 3 aromatic heterocycles. The van der Waals surface area contributed by atoms with Crippen LogP contribution in [0.5, 0.6) is 0 Å². The zero-order valence-electron chi connectivity index (χ0n) is 16.6. The van der Waals surface area contributed by atoms with E-state index in [-0.39, 0.29) is 11.8 Å². The van der Waals surface area contributed by atoms with E-state index >= 15 is 0 Å². The molecule has 0 unspecified atom stereocenters. The molecule has 152 valence electrons. The highest BCUT2D eigenvalue weighted by Crippen LogP contribution is 2.36. The number of H-pyrrole nitrogens is 1. The number of fused-ring (bicyclic) bond motifs is 1. The molecule has 0 aromatic carbocycles. The highest BCUT2D eigenvalue weighted by molar-refractivity contribution is 7.09. The van der Waals surface area contributed by atoms with Crippen LogP contribution in [0, 0.1) is 12.8 Å². The van der Waals surface area contributed by atoms with Gasteiger partial charge < -0.3 is 9.42 Å². The van der Waals surface area contributed by atoms with Crippen LogP contribution in [0.4, 0.5) is 0 Å². The van der Waals surface area contributed by atoms with Gasteiger partial charge >= 0.3 is 0 Å². The molecule has 1 amide bonds. The van der Waals surface area contributed by atoms with Crippen LogP contribution in [0.1, 0.15) is 65.2 Å². The van der Waals surface area contributed by atoms with Crippen LogP contribution in [0.3, 0.4) is 0 Å². The van der Waals surface area contributed by atoms with Gasteiger partial charge in [0.25, 0.3) is 5.91 Å². The highest BCUT2D eigenvalue weighted by atomic mass is 32.1. The van der Waals surface area contributed by atoms with Crippen molar-refractivity contribution in [1.29, 1.82) is 0 Å². The van der Waals surface area contributed by atoms with Gasteiger partial charge in [-0.2, -0.15) is 5.10 Å². The maximum absolute atomic E-state index is 13.3. The fourth-order valence-electron chi connectivity index (χ4n) is 4.49. The Kier molecular flexibility index (Phi) is 4.69. The fourth-order valence-corrected chi connectivity index (χ4v) is 5.18. The van der Waals surface area contributed by atoms with Crippen LogP contribution in [-0.4, -0.2) is 48.8 Å². The van der Waals surface area contributed by atoms with E-state index in [1.165, 1.54) is 11.5 Å². The number of rotatable bonds is 3. The summed E-state index contributed by atoms with van der Waals surface area (Å²) in [7, 11) is 0. The summed E-state index contributed by atoms with van der Waals surface area (Å²) in [6, 6.07) is 1.90. The number of carbonyl (C=O) groups excluding carboxylic acids is 1. The number of hydrogen-bond acceptors (Lipinski definition) is 7. The van der Waals surface area contributed by atoms with E-state index in [0.717, 1.165) is 66.2 Å². The minimum Gasteiger partial charge on any atom is -0.355 e. The number of aromatic nitrogens is 5. The Morgan fingerprint density at radius 3 is 3.10 bits per heavy atom. The molecule has 29 heavy (non-hydrogen) atoms. The van der Waals surface area contributed by atoms with E-state index in [1.807, 2.05) is 17.9 Å². The highest BCUT2D eigenvalue weighted by Gasteiger charge is 2.33. The van der Waals surface area contributed by atoms with Crippen LogP contribution in [0.2, 0.25) is 0 Å². The van der Waals surface area contributed by atoms with Crippen LogP contribution < -0.4 is 0 Å². The molecule has 2 aliphatic rings. The molecule has 4 heterocycles. The molecule has 0 saturated carbocycles. The summed E-state index contributed by atoms with van der Waals surface area (Å²) >= 11 is 1.32. The van der Waals surface area contributed by atoms with Crippen LogP contribution >= 0.6 is 11.5 Å². The Labute approximate surface area is 172 Å². The first kappa shape index (κ1) is 18.5. The number of aromatic amines is 1. The molecule has 2 atom stereocenters. The Balaban J connectivity index is 1.38. The number of nitrogens with one attached hydrogen (secondary N) is 1. The number of piperidine rings is 1. The maximum atomic E-state index is 13.3. The first-order valence-electron chi connectivity index (χ1n) is 10.2. The molecule has 0 spiro atoms. The molecule has 9 heteroatoms. The monoisotopic (exact) mass is 412 g/mol. The fraction of sp³-hybridized carbons (Fsp3) is 0.550. The van der Waals surface area contributed by atoms with Gasteiger partial charge in [0.15, 0.2) is 11.5 Å². The van der Waals surface area contributed by atoms with Crippen molar-refractivity contribution >= 4 is 17.4 Å². The van der Waals surface area contributed by atoms with Crippen LogP contribution in [0.25, 0.3) is 10.6 Å². The van der Waals surface area contributed by atoms with Crippen molar-refractivity contribution in [2.75, 3.05) is 13.1 Å². The normalized spacial score (nSPS) is 21.9. The van der Waals surface area contributed by atoms with Crippen LogP contribution in [0.15, 0.2) is 10.6 Å². The summed E-state index contributed by atoms with van der Waals surface area (Å²) in [5, 5.41) is 15.9. The molecule has 1 N–H and O–H groups in total. The quantitative estimate of drug-likeness (QED) is 0.708. The average molecular weight is 413 g/mol. The van der Waals surface area contributed by atoms with Crippen molar-refractivity contribution in [3.05, 3.63) is 34.4 Å². The topological polar surface area (TPSA) is 101 Å². The molecular formula is C20H24N6O2S. The zero-order chi connectivity index (χ0) is 20.0. The molecule has 1 aliphatic heterocycles. The van der Waals surface area contributed by atoms with Gasteiger partial charge in [0.1, 0.15) is 4.88 Å². The lowest BCUT2D eigenvalue weighted by Crippen LogP contribution is -2.40. The number of carbonyl (C=O) groups is 1. The second kappa shape index (κ2) is 7.37. The summed E-state index contributed by atoms with van der Waals surface area (Å²) < 4.78 is 9.58. The lowest BCUT2D eigenvalue weighted by Gasteiger charge is -2.32. The van der Waals surface area contributed by atoms with Gasteiger partial charge in [0.05, 0.1) is 11.4 Å².